The monoisotopic (exact) mass is 516 g/mol. The molecule has 1 amide bonds. The number of nitrogens with one attached hydrogen (secondary N) is 1. The maximum absolute atomic E-state index is 14.0. The molecule has 3 heterocycles. The Morgan fingerprint density at radius 3 is 2.75 bits per heavy atom. The summed E-state index contributed by atoms with van der Waals surface area (Å²) in [7, 11) is 1.57. The van der Waals surface area contributed by atoms with Crippen molar-refractivity contribution in [3.8, 4) is 11.1 Å². The molecule has 0 saturated heterocycles. The molecule has 4 rings (SSSR count). The van der Waals surface area contributed by atoms with Crippen LogP contribution in [0.3, 0.4) is 0 Å². The summed E-state index contributed by atoms with van der Waals surface area (Å²) in [6, 6.07) is 7.44. The zero-order valence-corrected chi connectivity index (χ0v) is 21.2. The van der Waals surface area contributed by atoms with Gasteiger partial charge >= 0.3 is 0 Å². The van der Waals surface area contributed by atoms with Gasteiger partial charge in [-0.3, -0.25) is 4.79 Å². The highest BCUT2D eigenvalue weighted by molar-refractivity contribution is 6.33. The van der Waals surface area contributed by atoms with Crippen LogP contribution in [-0.2, 0) is 24.4 Å². The molecule has 8 nitrogen and oxygen atoms in total. The fraction of sp³-hybridized carbons (Fsp3) is 0.385. The van der Waals surface area contributed by atoms with Gasteiger partial charge in [-0.1, -0.05) is 17.7 Å². The Labute approximate surface area is 214 Å². The minimum Gasteiger partial charge on any atom is -0.392 e. The van der Waals surface area contributed by atoms with Crippen LogP contribution in [0.15, 0.2) is 42.7 Å². The van der Waals surface area contributed by atoms with Crippen molar-refractivity contribution in [2.75, 3.05) is 25.6 Å². The van der Waals surface area contributed by atoms with Gasteiger partial charge in [-0.2, -0.15) is 0 Å². The van der Waals surface area contributed by atoms with Gasteiger partial charge in [0.25, 0.3) is 5.91 Å². The number of halogens is 2. The number of fused-ring (bicyclic) bond motifs is 1. The largest absolute Gasteiger partial charge is 0.392 e. The molecule has 10 heteroatoms. The van der Waals surface area contributed by atoms with Crippen LogP contribution < -0.4 is 5.32 Å². The Morgan fingerprint density at radius 1 is 1.28 bits per heavy atom. The van der Waals surface area contributed by atoms with Crippen LogP contribution in [0, 0.1) is 5.82 Å². The van der Waals surface area contributed by atoms with E-state index in [1.807, 2.05) is 10.8 Å². The van der Waals surface area contributed by atoms with Gasteiger partial charge in [0.15, 0.2) is 0 Å². The molecule has 0 radical (unpaired) electrons. The molecular formula is C26H30ClFN4O4. The fourth-order valence-electron chi connectivity index (χ4n) is 4.31. The van der Waals surface area contributed by atoms with Crippen molar-refractivity contribution in [1.82, 2.24) is 14.5 Å². The van der Waals surface area contributed by atoms with Crippen molar-refractivity contribution in [1.29, 1.82) is 0 Å². The van der Waals surface area contributed by atoms with Crippen LogP contribution in [0.4, 0.5) is 10.2 Å². The number of aliphatic hydroxyl groups excluding tert-OH is 1. The maximum atomic E-state index is 14.0. The number of rotatable bonds is 9. The van der Waals surface area contributed by atoms with E-state index in [1.54, 1.807) is 38.0 Å². The van der Waals surface area contributed by atoms with Gasteiger partial charge in [-0.05, 0) is 49.2 Å². The van der Waals surface area contributed by atoms with Crippen molar-refractivity contribution in [2.45, 2.75) is 45.2 Å². The quantitative estimate of drug-likeness (QED) is 0.401. The van der Waals surface area contributed by atoms with Crippen LogP contribution in [0.5, 0.6) is 0 Å². The van der Waals surface area contributed by atoms with Crippen LogP contribution in [0.2, 0.25) is 5.02 Å². The first-order chi connectivity index (χ1) is 17.1. The molecule has 0 unspecified atom stereocenters. The second kappa shape index (κ2) is 10.6. The van der Waals surface area contributed by atoms with E-state index in [4.69, 9.17) is 16.3 Å². The summed E-state index contributed by atoms with van der Waals surface area (Å²) in [4.78, 5) is 19.5. The van der Waals surface area contributed by atoms with E-state index in [9.17, 15) is 19.4 Å². The molecule has 0 spiro atoms. The van der Waals surface area contributed by atoms with Crippen molar-refractivity contribution in [2.24, 2.45) is 0 Å². The van der Waals surface area contributed by atoms with Crippen LogP contribution in [-0.4, -0.2) is 62.5 Å². The Bertz CT molecular complexity index is 1260. The molecule has 192 valence electrons. The summed E-state index contributed by atoms with van der Waals surface area (Å²) < 4.78 is 21.2. The van der Waals surface area contributed by atoms with E-state index in [-0.39, 0.29) is 25.1 Å². The minimum atomic E-state index is -0.916. The topological polar surface area (TPSA) is 99.8 Å². The summed E-state index contributed by atoms with van der Waals surface area (Å²) in [5, 5.41) is 23.2. The lowest BCUT2D eigenvalue weighted by Crippen LogP contribution is -2.49. The van der Waals surface area contributed by atoms with Crippen molar-refractivity contribution in [3.05, 3.63) is 70.4 Å². The lowest BCUT2D eigenvalue weighted by atomic mass is 10.0. The van der Waals surface area contributed by atoms with Gasteiger partial charge in [0.05, 0.1) is 29.9 Å². The van der Waals surface area contributed by atoms with Crippen molar-refractivity contribution >= 4 is 23.3 Å². The predicted molar refractivity (Wildman–Crippen MR) is 135 cm³/mol. The Balaban J connectivity index is 1.66. The normalized spacial score (nSPS) is 15.8. The number of carbonyl (C=O) groups excluding carboxylic acids is 1. The number of carbonyl (C=O) groups is 1. The molecule has 1 atom stereocenters. The number of pyridine rings is 1. The Morgan fingerprint density at radius 2 is 2.06 bits per heavy atom. The van der Waals surface area contributed by atoms with Gasteiger partial charge < -0.3 is 29.7 Å². The Kier molecular flexibility index (Phi) is 7.65. The third-order valence-electron chi connectivity index (χ3n) is 6.13. The van der Waals surface area contributed by atoms with Crippen LogP contribution in [0.25, 0.3) is 11.1 Å². The first-order valence-electron chi connectivity index (χ1n) is 11.6. The number of benzene rings is 1. The zero-order valence-electron chi connectivity index (χ0n) is 20.5. The van der Waals surface area contributed by atoms with E-state index in [0.29, 0.717) is 52.9 Å². The average molecular weight is 517 g/mol. The maximum Gasteiger partial charge on any atom is 0.271 e. The molecule has 3 N–H and O–H groups in total. The molecule has 3 aromatic rings. The summed E-state index contributed by atoms with van der Waals surface area (Å²) in [5.74, 6) is -0.108. The number of hydrogen-bond donors (Lipinski definition) is 3. The van der Waals surface area contributed by atoms with E-state index < -0.39 is 11.4 Å². The third kappa shape index (κ3) is 5.70. The van der Waals surface area contributed by atoms with Gasteiger partial charge in [0, 0.05) is 50.3 Å². The second-order valence-corrected chi connectivity index (χ2v) is 10.0. The SMILES string of the molecule is COC[C@H]1Cn2cc(-c3cc(NCC(C)(C)O)ncc3Cl)cc2C(=O)N1Cc1cc(F)ccc1CO. The van der Waals surface area contributed by atoms with E-state index in [1.165, 1.54) is 24.4 Å². The highest BCUT2D eigenvalue weighted by Gasteiger charge is 2.34. The summed E-state index contributed by atoms with van der Waals surface area (Å²) >= 11 is 6.46. The number of anilines is 1. The number of nitrogens with zero attached hydrogens (tertiary/aromatic N) is 3. The smallest absolute Gasteiger partial charge is 0.271 e. The molecular weight excluding hydrogens is 487 g/mol. The number of aliphatic hydroxyl groups is 2. The van der Waals surface area contributed by atoms with Gasteiger partial charge in [-0.15, -0.1) is 0 Å². The average Bonchev–Trinajstić information content (AvgIpc) is 3.25. The summed E-state index contributed by atoms with van der Waals surface area (Å²) in [5.41, 5.74) is 2.11. The lowest BCUT2D eigenvalue weighted by molar-refractivity contribution is 0.0386. The molecule has 1 aliphatic heterocycles. The van der Waals surface area contributed by atoms with Crippen LogP contribution >= 0.6 is 11.6 Å². The first-order valence-corrected chi connectivity index (χ1v) is 12.0. The first kappa shape index (κ1) is 26.1. The number of aromatic nitrogens is 2. The molecule has 36 heavy (non-hydrogen) atoms. The molecule has 0 fully saturated rings. The molecule has 1 aliphatic rings. The molecule has 2 aromatic heterocycles. The molecule has 0 aliphatic carbocycles. The summed E-state index contributed by atoms with van der Waals surface area (Å²) in [6.45, 7) is 4.35. The second-order valence-electron chi connectivity index (χ2n) is 9.60. The van der Waals surface area contributed by atoms with E-state index in [0.717, 1.165) is 5.56 Å². The number of hydrogen-bond acceptors (Lipinski definition) is 6. The van der Waals surface area contributed by atoms with Crippen molar-refractivity contribution in [3.63, 3.8) is 0 Å². The predicted octanol–water partition coefficient (Wildman–Crippen LogP) is 3.69. The lowest BCUT2D eigenvalue weighted by Gasteiger charge is -2.36. The number of ether oxygens (including phenoxy) is 1. The third-order valence-corrected chi connectivity index (χ3v) is 6.43. The van der Waals surface area contributed by atoms with Gasteiger partial charge in [0.2, 0.25) is 0 Å². The molecule has 1 aromatic carbocycles. The zero-order chi connectivity index (χ0) is 26.0. The van der Waals surface area contributed by atoms with E-state index >= 15 is 0 Å². The highest BCUT2D eigenvalue weighted by Crippen LogP contribution is 2.33. The standard InChI is InChI=1S/C26H30ClFN4O4/c1-26(2,35)15-30-24-8-21(22(27)9-29-24)18-7-23-25(34)32(20(14-36-3)12-31(23)10-18)11-17-6-19(28)5-4-16(17)13-33/h4-10,20,33,35H,11-15H2,1-3H3,(H,29,30)/t20-/m1/s1. The number of amides is 1. The fourth-order valence-corrected chi connectivity index (χ4v) is 4.52. The highest BCUT2D eigenvalue weighted by atomic mass is 35.5. The molecule has 0 bridgehead atoms. The van der Waals surface area contributed by atoms with Crippen LogP contribution in [0.1, 0.15) is 35.5 Å². The van der Waals surface area contributed by atoms with Crippen molar-refractivity contribution < 1.29 is 24.1 Å². The van der Waals surface area contributed by atoms with Gasteiger partial charge in [-0.25, -0.2) is 9.37 Å². The minimum absolute atomic E-state index is 0.141. The van der Waals surface area contributed by atoms with Gasteiger partial charge in [0.1, 0.15) is 17.3 Å². The summed E-state index contributed by atoms with van der Waals surface area (Å²) in [6.07, 6.45) is 3.40. The van der Waals surface area contributed by atoms with E-state index in [2.05, 4.69) is 10.3 Å². The Hall–Kier alpha value is -2.98. The number of methoxy groups -OCH3 is 1. The molecule has 0 saturated carbocycles.